The van der Waals surface area contributed by atoms with Crippen molar-refractivity contribution in [3.05, 3.63) is 36.0 Å². The minimum absolute atomic E-state index is 0.0578. The first-order valence-corrected chi connectivity index (χ1v) is 14.7. The summed E-state index contributed by atoms with van der Waals surface area (Å²) in [6.07, 6.45) is 4.71. The summed E-state index contributed by atoms with van der Waals surface area (Å²) < 4.78 is 0. The average Bonchev–Trinajstić information content (AvgIpc) is 3.33. The Morgan fingerprint density at radius 1 is 1.02 bits per heavy atom. The van der Waals surface area contributed by atoms with E-state index in [0.29, 0.717) is 18.7 Å². The fourth-order valence-electron chi connectivity index (χ4n) is 3.89. The number of fused-ring (bicyclic) bond motifs is 1. The van der Waals surface area contributed by atoms with E-state index in [2.05, 4.69) is 38.6 Å². The molecule has 2 aromatic rings. The number of thioether (sulfide) groups is 1. The van der Waals surface area contributed by atoms with Gasteiger partial charge in [-0.05, 0) is 42.9 Å². The normalized spacial score (nSPS) is 14.0. The lowest BCUT2D eigenvalue weighted by molar-refractivity contribution is -0.141. The van der Waals surface area contributed by atoms with Crippen molar-refractivity contribution in [1.29, 1.82) is 0 Å². The summed E-state index contributed by atoms with van der Waals surface area (Å²) in [5.74, 6) is -2.70. The van der Waals surface area contributed by atoms with Crippen LogP contribution in [0.2, 0.25) is 0 Å². The number of carboxylic acid groups (broad SMARTS) is 1. The van der Waals surface area contributed by atoms with E-state index in [9.17, 15) is 24.3 Å². The highest BCUT2D eigenvalue weighted by Gasteiger charge is 2.30. The van der Waals surface area contributed by atoms with Gasteiger partial charge in [-0.15, -0.1) is 0 Å². The molecular formula is C25H38N8O5S2. The third kappa shape index (κ3) is 10.3. The van der Waals surface area contributed by atoms with Crippen molar-refractivity contribution < 1.29 is 24.3 Å². The maximum absolute atomic E-state index is 13.5. The SMILES string of the molecule is CSCCC(NC(=O)C(Cc1c[nH]c2ccccc12)NC(=O)C(N)CCCN=C(N)N)C(=O)NC(CS)C(=O)O. The molecule has 0 radical (unpaired) electrons. The number of benzene rings is 1. The number of para-hydroxylation sites is 1. The summed E-state index contributed by atoms with van der Waals surface area (Å²) in [6, 6.07) is 3.28. The molecule has 11 N–H and O–H groups in total. The van der Waals surface area contributed by atoms with Crippen LogP contribution in [0.1, 0.15) is 24.8 Å². The molecule has 1 aromatic heterocycles. The second-order valence-electron chi connectivity index (χ2n) is 9.10. The zero-order valence-electron chi connectivity index (χ0n) is 22.3. The molecule has 0 bridgehead atoms. The van der Waals surface area contributed by atoms with Crippen LogP contribution in [-0.4, -0.2) is 88.2 Å². The number of amides is 3. The number of carbonyl (C=O) groups excluding carboxylic acids is 3. The van der Waals surface area contributed by atoms with E-state index in [4.69, 9.17) is 17.2 Å². The molecule has 0 saturated heterocycles. The second-order valence-corrected chi connectivity index (χ2v) is 10.5. The first kappa shape index (κ1) is 32.8. The van der Waals surface area contributed by atoms with Crippen molar-refractivity contribution in [2.45, 2.75) is 49.9 Å². The molecule has 0 aliphatic carbocycles. The number of hydrogen-bond donors (Lipinski definition) is 9. The van der Waals surface area contributed by atoms with E-state index in [1.54, 1.807) is 6.20 Å². The van der Waals surface area contributed by atoms with Crippen molar-refractivity contribution in [2.24, 2.45) is 22.2 Å². The molecule has 0 spiro atoms. The minimum Gasteiger partial charge on any atom is -0.480 e. The Kier molecular flexibility index (Phi) is 13.6. The van der Waals surface area contributed by atoms with Gasteiger partial charge >= 0.3 is 5.97 Å². The lowest BCUT2D eigenvalue weighted by Crippen LogP contribution is -2.58. The number of aliphatic carboxylic acids is 1. The van der Waals surface area contributed by atoms with Crippen LogP contribution in [0.25, 0.3) is 10.9 Å². The van der Waals surface area contributed by atoms with Gasteiger partial charge in [0.05, 0.1) is 6.04 Å². The van der Waals surface area contributed by atoms with E-state index in [0.717, 1.165) is 16.5 Å². The van der Waals surface area contributed by atoms with E-state index >= 15 is 0 Å². The van der Waals surface area contributed by atoms with Gasteiger partial charge in [-0.25, -0.2) is 4.79 Å². The van der Waals surface area contributed by atoms with Crippen molar-refractivity contribution in [1.82, 2.24) is 20.9 Å². The molecule has 0 saturated carbocycles. The summed E-state index contributed by atoms with van der Waals surface area (Å²) in [5.41, 5.74) is 18.4. The summed E-state index contributed by atoms with van der Waals surface area (Å²) in [6.45, 7) is 0.304. The van der Waals surface area contributed by atoms with Crippen LogP contribution in [0.3, 0.4) is 0 Å². The number of nitrogens with two attached hydrogens (primary N) is 3. The lowest BCUT2D eigenvalue weighted by Gasteiger charge is -2.25. The molecule has 13 nitrogen and oxygen atoms in total. The Hall–Kier alpha value is -3.43. The number of hydrogen-bond acceptors (Lipinski definition) is 8. The van der Waals surface area contributed by atoms with Crippen molar-refractivity contribution in [3.63, 3.8) is 0 Å². The molecule has 40 heavy (non-hydrogen) atoms. The fourth-order valence-corrected chi connectivity index (χ4v) is 4.61. The summed E-state index contributed by atoms with van der Waals surface area (Å²) in [7, 11) is 0. The van der Waals surface area contributed by atoms with Gasteiger partial charge in [0.15, 0.2) is 5.96 Å². The van der Waals surface area contributed by atoms with Gasteiger partial charge < -0.3 is 43.2 Å². The first-order valence-electron chi connectivity index (χ1n) is 12.7. The monoisotopic (exact) mass is 594 g/mol. The number of H-pyrrole nitrogens is 1. The molecule has 0 aliphatic heterocycles. The number of nitrogens with one attached hydrogen (secondary N) is 4. The van der Waals surface area contributed by atoms with Crippen LogP contribution in [0.15, 0.2) is 35.5 Å². The number of thiol groups is 1. The van der Waals surface area contributed by atoms with Gasteiger partial charge in [0, 0.05) is 35.8 Å². The number of carboxylic acids is 1. The number of aromatic amines is 1. The predicted octanol–water partition coefficient (Wildman–Crippen LogP) is -0.687. The van der Waals surface area contributed by atoms with Gasteiger partial charge in [0.2, 0.25) is 17.7 Å². The number of carbonyl (C=O) groups is 4. The van der Waals surface area contributed by atoms with Gasteiger partial charge in [0.25, 0.3) is 0 Å². The van der Waals surface area contributed by atoms with Gasteiger partial charge in [0.1, 0.15) is 18.1 Å². The smallest absolute Gasteiger partial charge is 0.327 e. The van der Waals surface area contributed by atoms with E-state index in [1.807, 2.05) is 30.5 Å². The number of aliphatic imine (C=N–C) groups is 1. The Bertz CT molecular complexity index is 1190. The quantitative estimate of drug-likeness (QED) is 0.0488. The van der Waals surface area contributed by atoms with Crippen molar-refractivity contribution in [3.8, 4) is 0 Å². The highest BCUT2D eigenvalue weighted by atomic mass is 32.2. The Morgan fingerprint density at radius 2 is 1.68 bits per heavy atom. The molecule has 0 fully saturated rings. The third-order valence-corrected chi connectivity index (χ3v) is 7.09. The van der Waals surface area contributed by atoms with E-state index < -0.39 is 47.9 Å². The van der Waals surface area contributed by atoms with Gasteiger partial charge in [-0.1, -0.05) is 18.2 Å². The molecule has 3 amide bonds. The van der Waals surface area contributed by atoms with E-state index in [1.165, 1.54) is 11.8 Å². The zero-order chi connectivity index (χ0) is 29.7. The standard InChI is InChI=1S/C25H38N8O5S2/c1-40-10-8-18(22(35)33-20(13-39)24(37)38)31-23(36)19(11-14-12-30-17-7-3-2-5-15(14)17)32-21(34)16(26)6-4-9-29-25(27)28/h2-3,5,7,12,16,18-20,30,39H,4,6,8-11,13,26H2,1H3,(H,31,36)(H,32,34)(H,33,35)(H,37,38)(H4,27,28,29). The molecular weight excluding hydrogens is 556 g/mol. The first-order chi connectivity index (χ1) is 19.1. The number of guanidine groups is 1. The third-order valence-electron chi connectivity index (χ3n) is 6.08. The van der Waals surface area contributed by atoms with Crippen LogP contribution in [-0.2, 0) is 25.6 Å². The topological polar surface area (TPSA) is 231 Å². The lowest BCUT2D eigenvalue weighted by atomic mass is 10.0. The summed E-state index contributed by atoms with van der Waals surface area (Å²) in [5, 5.41) is 18.0. The van der Waals surface area contributed by atoms with Crippen molar-refractivity contribution >= 4 is 64.9 Å². The zero-order valence-corrected chi connectivity index (χ0v) is 24.0. The highest BCUT2D eigenvalue weighted by molar-refractivity contribution is 7.98. The Morgan fingerprint density at radius 3 is 2.33 bits per heavy atom. The molecule has 1 heterocycles. The number of rotatable bonds is 17. The molecule has 1 aromatic carbocycles. The largest absolute Gasteiger partial charge is 0.480 e. The summed E-state index contributed by atoms with van der Waals surface area (Å²) in [4.78, 5) is 57.8. The molecule has 2 rings (SSSR count). The minimum atomic E-state index is -1.24. The van der Waals surface area contributed by atoms with Crippen LogP contribution in [0.5, 0.6) is 0 Å². The van der Waals surface area contributed by atoms with Crippen LogP contribution in [0.4, 0.5) is 0 Å². The maximum Gasteiger partial charge on any atom is 0.327 e. The highest BCUT2D eigenvalue weighted by Crippen LogP contribution is 2.19. The molecule has 4 unspecified atom stereocenters. The van der Waals surface area contributed by atoms with Crippen LogP contribution >= 0.6 is 24.4 Å². The second kappa shape index (κ2) is 16.6. The number of nitrogens with zero attached hydrogens (tertiary/aromatic N) is 1. The summed E-state index contributed by atoms with van der Waals surface area (Å²) >= 11 is 5.44. The fraction of sp³-hybridized carbons (Fsp3) is 0.480. The van der Waals surface area contributed by atoms with Gasteiger partial charge in [-0.2, -0.15) is 24.4 Å². The molecule has 15 heteroatoms. The molecule has 220 valence electrons. The van der Waals surface area contributed by atoms with Crippen LogP contribution < -0.4 is 33.2 Å². The predicted molar refractivity (Wildman–Crippen MR) is 160 cm³/mol. The average molecular weight is 595 g/mol. The van der Waals surface area contributed by atoms with Crippen LogP contribution in [0, 0.1) is 0 Å². The van der Waals surface area contributed by atoms with Crippen molar-refractivity contribution in [2.75, 3.05) is 24.3 Å². The number of aromatic nitrogens is 1. The maximum atomic E-state index is 13.5. The van der Waals surface area contributed by atoms with Gasteiger partial charge in [-0.3, -0.25) is 19.4 Å². The molecule has 4 atom stereocenters. The Balaban J connectivity index is 2.24. The van der Waals surface area contributed by atoms with E-state index in [-0.39, 0.29) is 31.0 Å². The Labute approximate surface area is 242 Å². The molecule has 0 aliphatic rings.